The second kappa shape index (κ2) is 3.26. The SMILES string of the molecule is CC(=O)NC1=NC(C)C(C)S1. The molecule has 2 unspecified atom stereocenters. The molecule has 2 atom stereocenters. The number of nitrogens with one attached hydrogen (secondary N) is 1. The Balaban J connectivity index is 2.50. The molecule has 0 spiro atoms. The van der Waals surface area contributed by atoms with Crippen molar-refractivity contribution < 1.29 is 4.79 Å². The van der Waals surface area contributed by atoms with E-state index in [0.717, 1.165) is 5.17 Å². The predicted octanol–water partition coefficient (Wildman–Crippen LogP) is 1.00. The van der Waals surface area contributed by atoms with Gasteiger partial charge in [0.15, 0.2) is 5.17 Å². The van der Waals surface area contributed by atoms with Crippen LogP contribution >= 0.6 is 11.8 Å². The van der Waals surface area contributed by atoms with Gasteiger partial charge >= 0.3 is 0 Å². The smallest absolute Gasteiger partial charge is 0.222 e. The third-order valence-corrected chi connectivity index (χ3v) is 2.78. The van der Waals surface area contributed by atoms with Gasteiger partial charge in [-0.2, -0.15) is 0 Å². The molecule has 1 aliphatic heterocycles. The Morgan fingerprint density at radius 2 is 2.27 bits per heavy atom. The van der Waals surface area contributed by atoms with E-state index in [1.54, 1.807) is 11.8 Å². The third-order valence-electron chi connectivity index (χ3n) is 1.58. The van der Waals surface area contributed by atoms with Gasteiger partial charge in [-0.1, -0.05) is 18.7 Å². The third kappa shape index (κ3) is 2.22. The number of thioether (sulfide) groups is 1. The quantitative estimate of drug-likeness (QED) is 0.592. The molecule has 1 heterocycles. The van der Waals surface area contributed by atoms with Crippen LogP contribution in [0.5, 0.6) is 0 Å². The van der Waals surface area contributed by atoms with Crippen LogP contribution in [0, 0.1) is 0 Å². The van der Waals surface area contributed by atoms with E-state index in [-0.39, 0.29) is 5.91 Å². The molecule has 1 N–H and O–H groups in total. The average molecular weight is 172 g/mol. The van der Waals surface area contributed by atoms with Crippen LogP contribution in [0.25, 0.3) is 0 Å². The Morgan fingerprint density at radius 1 is 1.64 bits per heavy atom. The van der Waals surface area contributed by atoms with Gasteiger partial charge < -0.3 is 5.32 Å². The molecule has 0 radical (unpaired) electrons. The summed E-state index contributed by atoms with van der Waals surface area (Å²) in [6, 6.07) is 0.321. The van der Waals surface area contributed by atoms with Crippen molar-refractivity contribution in [1.29, 1.82) is 0 Å². The monoisotopic (exact) mass is 172 g/mol. The molecule has 62 valence electrons. The molecule has 0 saturated carbocycles. The zero-order valence-corrected chi connectivity index (χ0v) is 7.73. The maximum Gasteiger partial charge on any atom is 0.222 e. The topological polar surface area (TPSA) is 41.5 Å². The van der Waals surface area contributed by atoms with Crippen molar-refractivity contribution in [2.75, 3.05) is 0 Å². The second-order valence-corrected chi connectivity index (χ2v) is 4.04. The number of nitrogens with zero attached hydrogens (tertiary/aromatic N) is 1. The molecule has 3 nitrogen and oxygen atoms in total. The minimum Gasteiger partial charge on any atom is -0.306 e. The van der Waals surface area contributed by atoms with Gasteiger partial charge in [-0.25, -0.2) is 0 Å². The van der Waals surface area contributed by atoms with Gasteiger partial charge in [0.1, 0.15) is 0 Å². The fourth-order valence-corrected chi connectivity index (χ4v) is 1.85. The van der Waals surface area contributed by atoms with Gasteiger partial charge in [0.25, 0.3) is 0 Å². The van der Waals surface area contributed by atoms with Crippen LogP contribution in [0.2, 0.25) is 0 Å². The van der Waals surface area contributed by atoms with E-state index < -0.39 is 0 Å². The van der Waals surface area contributed by atoms with Gasteiger partial charge in [0.2, 0.25) is 5.91 Å². The summed E-state index contributed by atoms with van der Waals surface area (Å²) in [5.74, 6) is -0.0439. The molecule has 11 heavy (non-hydrogen) atoms. The van der Waals surface area contributed by atoms with Crippen molar-refractivity contribution >= 4 is 22.8 Å². The van der Waals surface area contributed by atoms with Gasteiger partial charge in [-0.15, -0.1) is 0 Å². The van der Waals surface area contributed by atoms with Crippen molar-refractivity contribution in [2.45, 2.75) is 32.1 Å². The molecule has 1 aliphatic rings. The van der Waals surface area contributed by atoms with Crippen molar-refractivity contribution in [3.05, 3.63) is 0 Å². The second-order valence-electron chi connectivity index (χ2n) is 2.68. The fourth-order valence-electron chi connectivity index (χ4n) is 0.807. The number of carbonyl (C=O) groups is 1. The number of hydrogen-bond donors (Lipinski definition) is 1. The van der Waals surface area contributed by atoms with Crippen molar-refractivity contribution in [2.24, 2.45) is 4.99 Å². The molecular weight excluding hydrogens is 160 g/mol. The van der Waals surface area contributed by atoms with Gasteiger partial charge in [-0.05, 0) is 6.92 Å². The molecule has 1 amide bonds. The van der Waals surface area contributed by atoms with Crippen LogP contribution in [0.1, 0.15) is 20.8 Å². The molecule has 0 aromatic heterocycles. The Labute approximate surface area is 70.7 Å². The van der Waals surface area contributed by atoms with Crippen molar-refractivity contribution in [3.63, 3.8) is 0 Å². The molecule has 1 rings (SSSR count). The number of amidine groups is 1. The first-order valence-corrected chi connectivity index (χ1v) is 4.49. The van der Waals surface area contributed by atoms with Crippen molar-refractivity contribution in [1.82, 2.24) is 5.32 Å². The lowest BCUT2D eigenvalue weighted by Gasteiger charge is -2.02. The first-order valence-electron chi connectivity index (χ1n) is 3.61. The summed E-state index contributed by atoms with van der Waals surface area (Å²) < 4.78 is 0. The number of carbonyl (C=O) groups excluding carboxylic acids is 1. The summed E-state index contributed by atoms with van der Waals surface area (Å²) in [6.07, 6.45) is 0. The van der Waals surface area contributed by atoms with E-state index in [4.69, 9.17) is 0 Å². The number of aliphatic imine (C=N–C) groups is 1. The number of amides is 1. The molecule has 0 aromatic carbocycles. The number of rotatable bonds is 0. The highest BCUT2D eigenvalue weighted by molar-refractivity contribution is 8.14. The van der Waals surface area contributed by atoms with Gasteiger partial charge in [0, 0.05) is 12.2 Å². The summed E-state index contributed by atoms with van der Waals surface area (Å²) >= 11 is 1.62. The van der Waals surface area contributed by atoms with Crippen LogP contribution in [0.3, 0.4) is 0 Å². The summed E-state index contributed by atoms with van der Waals surface area (Å²) in [4.78, 5) is 14.9. The zero-order chi connectivity index (χ0) is 8.43. The first-order chi connectivity index (χ1) is 5.09. The minimum absolute atomic E-state index is 0.0439. The lowest BCUT2D eigenvalue weighted by molar-refractivity contribution is -0.117. The predicted molar refractivity (Wildman–Crippen MR) is 47.8 cm³/mol. The van der Waals surface area contributed by atoms with E-state index in [9.17, 15) is 4.79 Å². The highest BCUT2D eigenvalue weighted by atomic mass is 32.2. The van der Waals surface area contributed by atoms with Crippen LogP contribution in [0.4, 0.5) is 0 Å². The highest BCUT2D eigenvalue weighted by Crippen LogP contribution is 2.24. The molecular formula is C7H12N2OS. The average Bonchev–Trinajstić information content (AvgIpc) is 2.10. The van der Waals surface area contributed by atoms with E-state index in [2.05, 4.69) is 17.2 Å². The Bertz CT molecular complexity index is 203. The molecule has 0 saturated heterocycles. The van der Waals surface area contributed by atoms with Crippen LogP contribution in [0.15, 0.2) is 4.99 Å². The summed E-state index contributed by atoms with van der Waals surface area (Å²) in [6.45, 7) is 5.65. The van der Waals surface area contributed by atoms with Gasteiger partial charge in [-0.3, -0.25) is 9.79 Å². The van der Waals surface area contributed by atoms with E-state index in [1.165, 1.54) is 6.92 Å². The normalized spacial score (nSPS) is 29.9. The van der Waals surface area contributed by atoms with E-state index >= 15 is 0 Å². The van der Waals surface area contributed by atoms with E-state index in [0.29, 0.717) is 11.3 Å². The lowest BCUT2D eigenvalue weighted by Crippen LogP contribution is -2.24. The zero-order valence-electron chi connectivity index (χ0n) is 6.92. The molecule has 0 bridgehead atoms. The maximum absolute atomic E-state index is 10.6. The van der Waals surface area contributed by atoms with Crippen LogP contribution in [-0.4, -0.2) is 22.4 Å². The standard InChI is InChI=1S/C7H12N2OS/c1-4-5(2)11-7(8-4)9-6(3)10/h4-5H,1-3H3,(H,8,9,10). The first kappa shape index (κ1) is 8.59. The summed E-state index contributed by atoms with van der Waals surface area (Å²) in [5, 5.41) is 3.92. The summed E-state index contributed by atoms with van der Waals surface area (Å²) in [7, 11) is 0. The van der Waals surface area contributed by atoms with E-state index in [1.807, 2.05) is 6.92 Å². The number of hydrogen-bond acceptors (Lipinski definition) is 3. The highest BCUT2D eigenvalue weighted by Gasteiger charge is 2.22. The summed E-state index contributed by atoms with van der Waals surface area (Å²) in [5.41, 5.74) is 0. The largest absolute Gasteiger partial charge is 0.306 e. The molecule has 0 aromatic rings. The molecule has 0 aliphatic carbocycles. The Morgan fingerprint density at radius 3 is 2.64 bits per heavy atom. The molecule has 0 fully saturated rings. The minimum atomic E-state index is -0.0439. The van der Waals surface area contributed by atoms with Gasteiger partial charge in [0.05, 0.1) is 6.04 Å². The Hall–Kier alpha value is -0.510. The van der Waals surface area contributed by atoms with Crippen molar-refractivity contribution in [3.8, 4) is 0 Å². The lowest BCUT2D eigenvalue weighted by atomic mass is 10.3. The Kier molecular flexibility index (Phi) is 2.54. The maximum atomic E-state index is 10.6. The fraction of sp³-hybridized carbons (Fsp3) is 0.714. The molecule has 4 heteroatoms. The van der Waals surface area contributed by atoms with Crippen LogP contribution in [-0.2, 0) is 4.79 Å². The van der Waals surface area contributed by atoms with Crippen LogP contribution < -0.4 is 5.32 Å².